The number of aromatic hydroxyl groups is 1. The van der Waals surface area contributed by atoms with Crippen molar-refractivity contribution in [3.8, 4) is 11.5 Å². The van der Waals surface area contributed by atoms with Gasteiger partial charge in [0, 0.05) is 20.6 Å². The molecule has 0 atom stereocenters. The molecule has 3 nitrogen and oxygen atoms in total. The van der Waals surface area contributed by atoms with E-state index in [1.807, 2.05) is 54.6 Å². The number of halogens is 1. The van der Waals surface area contributed by atoms with Crippen LogP contribution in [0.2, 0.25) is 0 Å². The highest BCUT2D eigenvalue weighted by molar-refractivity contribution is 6.18. The molecule has 3 rings (SSSR count). The van der Waals surface area contributed by atoms with Gasteiger partial charge in [0.15, 0.2) is 0 Å². The summed E-state index contributed by atoms with van der Waals surface area (Å²) in [6, 6.07) is 24.3. The zero-order valence-electron chi connectivity index (χ0n) is 22.5. The number of alkyl halides is 1. The number of hydrogen-bond acceptors (Lipinski definition) is 3. The third-order valence-corrected chi connectivity index (χ3v) is 4.84. The normalized spacial score (nSPS) is 15.8. The second-order valence-corrected chi connectivity index (χ2v) is 7.11. The van der Waals surface area contributed by atoms with Crippen LogP contribution in [0.4, 0.5) is 0 Å². The Morgan fingerprint density at radius 2 is 1.53 bits per heavy atom. The van der Waals surface area contributed by atoms with E-state index in [4.69, 9.17) is 24.6 Å². The first kappa shape index (κ1) is 15.1. The van der Waals surface area contributed by atoms with Crippen molar-refractivity contribution in [1.82, 2.24) is 4.90 Å². The van der Waals surface area contributed by atoms with Crippen molar-refractivity contribution < 1.29 is 18.1 Å². The number of allylic oxidation sites excluding steroid dienone is 1. The summed E-state index contributed by atoms with van der Waals surface area (Å²) in [5, 5.41) is 9.74. The molecule has 30 heavy (non-hydrogen) atoms. The Balaban J connectivity index is 1.91. The predicted octanol–water partition coefficient (Wildman–Crippen LogP) is 5.92. The lowest BCUT2D eigenvalue weighted by Crippen LogP contribution is -2.19. The molecule has 1 N–H and O–H groups in total. The Hall–Kier alpha value is -2.75. The average molecular weight is 428 g/mol. The number of ether oxygens (including phenoxy) is 1. The van der Waals surface area contributed by atoms with Crippen LogP contribution in [0.3, 0.4) is 0 Å². The van der Waals surface area contributed by atoms with Gasteiger partial charge >= 0.3 is 0 Å². The maximum Gasteiger partial charge on any atom is 0.119 e. The zero-order chi connectivity index (χ0) is 26.3. The Labute approximate surface area is 192 Å². The van der Waals surface area contributed by atoms with Crippen LogP contribution in [0.25, 0.3) is 11.1 Å². The fraction of sp³-hybridized carbons (Fsp3) is 0.231. The molecule has 0 fully saturated rings. The molecule has 0 radical (unpaired) electrons. The molecule has 156 valence electrons. The van der Waals surface area contributed by atoms with Crippen molar-refractivity contribution in [2.24, 2.45) is 0 Å². The lowest BCUT2D eigenvalue weighted by Gasteiger charge is -2.17. The molecule has 0 amide bonds. The molecule has 0 bridgehead atoms. The first-order valence-corrected chi connectivity index (χ1v) is 10.2. The molecule has 0 heterocycles. The molecular weight excluding hydrogens is 394 g/mol. The van der Waals surface area contributed by atoms with Crippen molar-refractivity contribution in [2.45, 2.75) is 6.42 Å². The van der Waals surface area contributed by atoms with Gasteiger partial charge in [-0.3, -0.25) is 0 Å². The summed E-state index contributed by atoms with van der Waals surface area (Å²) in [5.41, 5.74) is 4.89. The summed E-state index contributed by atoms with van der Waals surface area (Å²) in [6.07, 6.45) is 0.606. The lowest BCUT2D eigenvalue weighted by molar-refractivity contribution is 0.261. The standard InChI is InChI=1S/C26H28ClNO2/c1-28(2)18-19-30-24-14-10-22(11-15-24)26(21-6-4-3-5-7-21)25(16-17-27)20-8-12-23(29)13-9-20/h3-15,29H,16-19H2,1-2H3/b26-25+/i1D3,2D3. The fourth-order valence-corrected chi connectivity index (χ4v) is 3.45. The lowest BCUT2D eigenvalue weighted by atomic mass is 9.88. The van der Waals surface area contributed by atoms with E-state index in [2.05, 4.69) is 0 Å². The average Bonchev–Trinajstić information content (AvgIpc) is 2.82. The number of phenolic OH excluding ortho intramolecular Hbond substituents is 1. The minimum Gasteiger partial charge on any atom is -0.508 e. The number of hydrogen-bond donors (Lipinski definition) is 1. The van der Waals surface area contributed by atoms with E-state index >= 15 is 0 Å². The van der Waals surface area contributed by atoms with Gasteiger partial charge in [0.05, 0.1) is 0 Å². The Morgan fingerprint density at radius 1 is 0.900 bits per heavy atom. The first-order chi connectivity index (χ1) is 17.0. The SMILES string of the molecule is [2H]C([2H])([2H])N(CCOc1ccc(/C(=C(\CCCl)c2ccc(O)cc2)c2ccccc2)cc1)C([2H])([2H])[2H]. The van der Waals surface area contributed by atoms with Crippen LogP contribution >= 0.6 is 11.6 Å². The molecule has 0 aliphatic rings. The van der Waals surface area contributed by atoms with Gasteiger partial charge in [-0.15, -0.1) is 11.6 Å². The number of phenols is 1. The van der Waals surface area contributed by atoms with E-state index in [-0.39, 0.29) is 18.9 Å². The van der Waals surface area contributed by atoms with Gasteiger partial charge in [0.25, 0.3) is 0 Å². The highest BCUT2D eigenvalue weighted by Gasteiger charge is 2.14. The van der Waals surface area contributed by atoms with E-state index < -0.39 is 14.0 Å². The minimum absolute atomic E-state index is 0.0947. The molecule has 3 aromatic rings. The van der Waals surface area contributed by atoms with Crippen LogP contribution < -0.4 is 4.74 Å². The van der Waals surface area contributed by atoms with Gasteiger partial charge in [-0.1, -0.05) is 54.6 Å². The van der Waals surface area contributed by atoms with Gasteiger partial charge in [0.2, 0.25) is 0 Å². The largest absolute Gasteiger partial charge is 0.508 e. The molecule has 0 spiro atoms. The number of benzene rings is 3. The molecule has 0 aromatic heterocycles. The van der Waals surface area contributed by atoms with Crippen molar-refractivity contribution in [3.05, 3.63) is 95.6 Å². The highest BCUT2D eigenvalue weighted by atomic mass is 35.5. The van der Waals surface area contributed by atoms with E-state index in [0.717, 1.165) is 27.8 Å². The van der Waals surface area contributed by atoms with E-state index in [1.54, 1.807) is 24.3 Å². The van der Waals surface area contributed by atoms with Crippen LogP contribution in [0.15, 0.2) is 78.9 Å². The summed E-state index contributed by atoms with van der Waals surface area (Å²) in [6.45, 7) is -5.87. The maximum absolute atomic E-state index is 9.74. The molecule has 0 saturated carbocycles. The molecule has 4 heteroatoms. The second kappa shape index (κ2) is 10.9. The first-order valence-electron chi connectivity index (χ1n) is 12.7. The van der Waals surface area contributed by atoms with Crippen molar-refractivity contribution in [3.63, 3.8) is 0 Å². The van der Waals surface area contributed by atoms with Gasteiger partial charge < -0.3 is 14.7 Å². The summed E-state index contributed by atoms with van der Waals surface area (Å²) < 4.78 is 50.4. The molecule has 0 unspecified atom stereocenters. The molecule has 0 aliphatic heterocycles. The molecular formula is C26H28ClNO2. The molecule has 3 aromatic carbocycles. The van der Waals surface area contributed by atoms with Crippen LogP contribution in [0.1, 0.15) is 31.3 Å². The van der Waals surface area contributed by atoms with E-state index in [9.17, 15) is 5.11 Å². The molecule has 0 aliphatic carbocycles. The Morgan fingerprint density at radius 3 is 2.17 bits per heavy atom. The zero-order valence-corrected chi connectivity index (χ0v) is 17.3. The minimum atomic E-state index is -2.75. The predicted molar refractivity (Wildman–Crippen MR) is 126 cm³/mol. The van der Waals surface area contributed by atoms with Crippen LogP contribution in [-0.2, 0) is 0 Å². The monoisotopic (exact) mass is 427 g/mol. The van der Waals surface area contributed by atoms with Gasteiger partial charge in [-0.2, -0.15) is 0 Å². The van der Waals surface area contributed by atoms with Crippen molar-refractivity contribution >= 4 is 22.7 Å². The summed E-state index contributed by atoms with van der Waals surface area (Å²) >= 11 is 6.18. The van der Waals surface area contributed by atoms with Gasteiger partial charge in [0.1, 0.15) is 18.1 Å². The van der Waals surface area contributed by atoms with Crippen molar-refractivity contribution in [2.75, 3.05) is 33.0 Å². The fourth-order valence-electron chi connectivity index (χ4n) is 3.26. The van der Waals surface area contributed by atoms with Gasteiger partial charge in [-0.05, 0) is 72.5 Å². The smallest absolute Gasteiger partial charge is 0.119 e. The third-order valence-electron chi connectivity index (χ3n) is 4.65. The second-order valence-electron chi connectivity index (χ2n) is 6.73. The summed E-state index contributed by atoms with van der Waals surface area (Å²) in [4.78, 5) is 0.473. The quantitative estimate of drug-likeness (QED) is 0.340. The van der Waals surface area contributed by atoms with Gasteiger partial charge in [-0.25, -0.2) is 0 Å². The number of rotatable bonds is 9. The summed E-state index contributed by atoms with van der Waals surface area (Å²) in [5.74, 6) is 1.09. The highest BCUT2D eigenvalue weighted by Crippen LogP contribution is 2.35. The number of nitrogens with zero attached hydrogens (tertiary/aromatic N) is 1. The Kier molecular flexibility index (Phi) is 5.47. The topological polar surface area (TPSA) is 32.7 Å². The third kappa shape index (κ3) is 5.88. The van der Waals surface area contributed by atoms with E-state index in [0.29, 0.717) is 23.0 Å². The number of likely N-dealkylation sites (N-methyl/N-ethyl adjacent to an activating group) is 1. The van der Waals surface area contributed by atoms with Crippen molar-refractivity contribution in [1.29, 1.82) is 0 Å². The van der Waals surface area contributed by atoms with Crippen LogP contribution in [0.5, 0.6) is 11.5 Å². The summed E-state index contributed by atoms with van der Waals surface area (Å²) in [7, 11) is 0. The van der Waals surface area contributed by atoms with Crippen LogP contribution in [-0.4, -0.2) is 43.0 Å². The molecule has 0 saturated heterocycles. The van der Waals surface area contributed by atoms with E-state index in [1.165, 1.54) is 0 Å². The van der Waals surface area contributed by atoms with Crippen LogP contribution in [0, 0.1) is 0 Å². The Bertz CT molecular complexity index is 1130. The maximum atomic E-state index is 9.74.